The Morgan fingerprint density at radius 3 is 2.60 bits per heavy atom. The van der Waals surface area contributed by atoms with Gasteiger partial charge in [-0.3, -0.25) is 14.9 Å². The van der Waals surface area contributed by atoms with Gasteiger partial charge in [0.25, 0.3) is 11.6 Å². The summed E-state index contributed by atoms with van der Waals surface area (Å²) >= 11 is 1.20. The van der Waals surface area contributed by atoms with Gasteiger partial charge in [-0.05, 0) is 36.8 Å². The zero-order chi connectivity index (χ0) is 18.1. The summed E-state index contributed by atoms with van der Waals surface area (Å²) in [6, 6.07) is 8.86. The lowest BCUT2D eigenvalue weighted by molar-refractivity contribution is -0.384. The molecular formula is C17H12F2N2O3S. The lowest BCUT2D eigenvalue weighted by Gasteiger charge is -2.13. The summed E-state index contributed by atoms with van der Waals surface area (Å²) in [5, 5.41) is 14.1. The van der Waals surface area contributed by atoms with Gasteiger partial charge in [-0.1, -0.05) is 6.07 Å². The second kappa shape index (κ2) is 6.56. The minimum atomic E-state index is -0.979. The standard InChI is InChI=1S/C17H12F2N2O3S/c1-9(10-2-4-13(18)14(19)7-10)20-17(22)16-8-11-6-12(21(23)24)3-5-15(11)25-16/h2-9H,1H3,(H,20,22). The Balaban J connectivity index is 1.81. The molecular weight excluding hydrogens is 350 g/mol. The Morgan fingerprint density at radius 1 is 1.16 bits per heavy atom. The molecule has 0 aliphatic rings. The summed E-state index contributed by atoms with van der Waals surface area (Å²) < 4.78 is 27.0. The third kappa shape index (κ3) is 3.48. The smallest absolute Gasteiger partial charge is 0.270 e. The van der Waals surface area contributed by atoms with E-state index in [0.717, 1.165) is 16.8 Å². The van der Waals surface area contributed by atoms with Gasteiger partial charge in [-0.2, -0.15) is 0 Å². The van der Waals surface area contributed by atoms with Crippen LogP contribution in [0.2, 0.25) is 0 Å². The van der Waals surface area contributed by atoms with Crippen LogP contribution in [-0.2, 0) is 0 Å². The van der Waals surface area contributed by atoms with Crippen molar-refractivity contribution in [1.29, 1.82) is 0 Å². The number of non-ortho nitro benzene ring substituents is 1. The molecule has 0 radical (unpaired) electrons. The average Bonchev–Trinajstić information content (AvgIpc) is 3.00. The van der Waals surface area contributed by atoms with Gasteiger partial charge in [-0.25, -0.2) is 8.78 Å². The molecule has 3 rings (SSSR count). The molecule has 0 saturated heterocycles. The molecule has 1 amide bonds. The van der Waals surface area contributed by atoms with E-state index in [9.17, 15) is 23.7 Å². The monoisotopic (exact) mass is 362 g/mol. The number of thiophene rings is 1. The van der Waals surface area contributed by atoms with E-state index in [4.69, 9.17) is 0 Å². The number of rotatable bonds is 4. The predicted molar refractivity (Wildman–Crippen MR) is 90.7 cm³/mol. The Morgan fingerprint density at radius 2 is 1.92 bits per heavy atom. The highest BCUT2D eigenvalue weighted by Crippen LogP contribution is 2.29. The molecule has 0 bridgehead atoms. The fraction of sp³-hybridized carbons (Fsp3) is 0.118. The van der Waals surface area contributed by atoms with Crippen LogP contribution in [0.3, 0.4) is 0 Å². The number of hydrogen-bond donors (Lipinski definition) is 1. The molecule has 0 saturated carbocycles. The molecule has 1 unspecified atom stereocenters. The minimum absolute atomic E-state index is 0.0487. The number of carbonyl (C=O) groups is 1. The van der Waals surface area contributed by atoms with E-state index in [1.165, 1.54) is 29.5 Å². The Labute approximate surface area is 145 Å². The Kier molecular flexibility index (Phi) is 4.45. The number of halogens is 2. The van der Waals surface area contributed by atoms with Crippen LogP contribution in [0.1, 0.15) is 28.2 Å². The highest BCUT2D eigenvalue weighted by Gasteiger charge is 2.16. The van der Waals surface area contributed by atoms with Gasteiger partial charge in [-0.15, -0.1) is 11.3 Å². The van der Waals surface area contributed by atoms with Crippen molar-refractivity contribution in [2.45, 2.75) is 13.0 Å². The summed E-state index contributed by atoms with van der Waals surface area (Å²) in [5.41, 5.74) is 0.386. The highest BCUT2D eigenvalue weighted by molar-refractivity contribution is 7.20. The third-order valence-corrected chi connectivity index (χ3v) is 4.84. The molecule has 5 nitrogen and oxygen atoms in total. The first-order chi connectivity index (χ1) is 11.8. The van der Waals surface area contributed by atoms with Crippen LogP contribution in [0, 0.1) is 21.7 Å². The molecule has 25 heavy (non-hydrogen) atoms. The third-order valence-electron chi connectivity index (χ3n) is 3.73. The maximum absolute atomic E-state index is 13.3. The molecule has 8 heteroatoms. The van der Waals surface area contributed by atoms with E-state index in [2.05, 4.69) is 5.32 Å². The Hall–Kier alpha value is -2.87. The molecule has 3 aromatic rings. The van der Waals surface area contributed by atoms with Gasteiger partial charge >= 0.3 is 0 Å². The molecule has 0 aliphatic carbocycles. The predicted octanol–water partition coefficient (Wildman–Crippen LogP) is 4.58. The lowest BCUT2D eigenvalue weighted by atomic mass is 10.1. The van der Waals surface area contributed by atoms with Gasteiger partial charge in [0.15, 0.2) is 11.6 Å². The van der Waals surface area contributed by atoms with Gasteiger partial charge in [0.2, 0.25) is 0 Å². The molecule has 2 aromatic carbocycles. The summed E-state index contributed by atoms with van der Waals surface area (Å²) in [6.07, 6.45) is 0. The van der Waals surface area contributed by atoms with Crippen LogP contribution < -0.4 is 5.32 Å². The normalized spacial score (nSPS) is 12.1. The molecule has 128 valence electrons. The number of nitro benzene ring substituents is 1. The number of fused-ring (bicyclic) bond motifs is 1. The lowest BCUT2D eigenvalue weighted by Crippen LogP contribution is -2.26. The number of nitro groups is 1. The van der Waals surface area contributed by atoms with Crippen LogP contribution in [0.4, 0.5) is 14.5 Å². The number of carbonyl (C=O) groups excluding carboxylic acids is 1. The summed E-state index contributed by atoms with van der Waals surface area (Å²) in [4.78, 5) is 23.1. The van der Waals surface area contributed by atoms with Gasteiger partial charge in [0, 0.05) is 22.2 Å². The largest absolute Gasteiger partial charge is 0.345 e. The summed E-state index contributed by atoms with van der Waals surface area (Å²) in [7, 11) is 0. The topological polar surface area (TPSA) is 72.2 Å². The molecule has 1 atom stereocenters. The number of amides is 1. The maximum Gasteiger partial charge on any atom is 0.270 e. The van der Waals surface area contributed by atoms with Crippen LogP contribution >= 0.6 is 11.3 Å². The van der Waals surface area contributed by atoms with E-state index >= 15 is 0 Å². The minimum Gasteiger partial charge on any atom is -0.345 e. The second-order valence-corrected chi connectivity index (χ2v) is 6.54. The zero-order valence-electron chi connectivity index (χ0n) is 13.0. The fourth-order valence-corrected chi connectivity index (χ4v) is 3.34. The first-order valence-corrected chi connectivity index (χ1v) is 8.10. The first kappa shape index (κ1) is 17.0. The number of nitrogens with zero attached hydrogens (tertiary/aromatic N) is 1. The van der Waals surface area contributed by atoms with Gasteiger partial charge < -0.3 is 5.32 Å². The quantitative estimate of drug-likeness (QED) is 0.545. The van der Waals surface area contributed by atoms with Crippen molar-refractivity contribution in [3.63, 3.8) is 0 Å². The van der Waals surface area contributed by atoms with Crippen molar-refractivity contribution in [2.75, 3.05) is 0 Å². The summed E-state index contributed by atoms with van der Waals surface area (Å²) in [5.74, 6) is -2.32. The van der Waals surface area contributed by atoms with Crippen LogP contribution in [0.25, 0.3) is 10.1 Å². The van der Waals surface area contributed by atoms with Crippen molar-refractivity contribution < 1.29 is 18.5 Å². The van der Waals surface area contributed by atoms with Crippen LogP contribution in [-0.4, -0.2) is 10.8 Å². The zero-order valence-corrected chi connectivity index (χ0v) is 13.8. The van der Waals surface area contributed by atoms with Gasteiger partial charge in [0.1, 0.15) is 0 Å². The van der Waals surface area contributed by atoms with Crippen LogP contribution in [0.5, 0.6) is 0 Å². The van der Waals surface area contributed by atoms with Crippen LogP contribution in [0.15, 0.2) is 42.5 Å². The number of hydrogen-bond acceptors (Lipinski definition) is 4. The SMILES string of the molecule is CC(NC(=O)c1cc2cc([N+](=O)[O-])ccc2s1)c1ccc(F)c(F)c1. The van der Waals surface area contributed by atoms with E-state index in [0.29, 0.717) is 15.8 Å². The summed E-state index contributed by atoms with van der Waals surface area (Å²) in [6.45, 7) is 1.66. The van der Waals surface area contributed by atoms with Crippen molar-refractivity contribution >= 4 is 33.0 Å². The second-order valence-electron chi connectivity index (χ2n) is 5.46. The molecule has 0 spiro atoms. The maximum atomic E-state index is 13.3. The molecule has 1 N–H and O–H groups in total. The van der Waals surface area contributed by atoms with Crippen molar-refractivity contribution in [3.8, 4) is 0 Å². The first-order valence-electron chi connectivity index (χ1n) is 7.29. The van der Waals surface area contributed by atoms with E-state index < -0.39 is 22.6 Å². The average molecular weight is 362 g/mol. The van der Waals surface area contributed by atoms with Gasteiger partial charge in [0.05, 0.1) is 15.8 Å². The highest BCUT2D eigenvalue weighted by atomic mass is 32.1. The molecule has 1 heterocycles. The van der Waals surface area contributed by atoms with E-state index in [1.54, 1.807) is 19.1 Å². The number of nitrogens with one attached hydrogen (secondary N) is 1. The number of benzene rings is 2. The molecule has 0 aliphatic heterocycles. The fourth-order valence-electron chi connectivity index (χ4n) is 2.39. The van der Waals surface area contributed by atoms with E-state index in [1.807, 2.05) is 0 Å². The molecule has 0 fully saturated rings. The van der Waals surface area contributed by atoms with Crippen molar-refractivity contribution in [1.82, 2.24) is 5.32 Å². The van der Waals surface area contributed by atoms with Crippen molar-refractivity contribution in [2.24, 2.45) is 0 Å². The Bertz CT molecular complexity index is 987. The molecule has 1 aromatic heterocycles. The van der Waals surface area contributed by atoms with Crippen molar-refractivity contribution in [3.05, 3.63) is 74.7 Å². The van der Waals surface area contributed by atoms with E-state index in [-0.39, 0.29) is 11.6 Å².